The van der Waals surface area contributed by atoms with E-state index >= 15 is 0 Å². The van der Waals surface area contributed by atoms with Gasteiger partial charge in [0.05, 0.1) is 4.47 Å². The summed E-state index contributed by atoms with van der Waals surface area (Å²) in [6.45, 7) is 5.27. The second kappa shape index (κ2) is 6.73. The highest BCUT2D eigenvalue weighted by Crippen LogP contribution is 2.33. The van der Waals surface area contributed by atoms with Crippen molar-refractivity contribution in [3.05, 3.63) is 28.2 Å². The third-order valence-corrected chi connectivity index (χ3v) is 4.16. The fourth-order valence-corrected chi connectivity index (χ4v) is 2.99. The van der Waals surface area contributed by atoms with Crippen molar-refractivity contribution in [2.45, 2.75) is 44.9 Å². The van der Waals surface area contributed by atoms with Gasteiger partial charge in [0.15, 0.2) is 0 Å². The van der Waals surface area contributed by atoms with E-state index in [9.17, 15) is 0 Å². The van der Waals surface area contributed by atoms with Crippen molar-refractivity contribution in [3.8, 4) is 5.75 Å². The summed E-state index contributed by atoms with van der Waals surface area (Å²) < 4.78 is 12.6. The van der Waals surface area contributed by atoms with Crippen LogP contribution in [-0.4, -0.2) is 31.9 Å². The predicted octanol–water partition coefficient (Wildman–Crippen LogP) is 3.29. The van der Waals surface area contributed by atoms with E-state index in [0.717, 1.165) is 29.6 Å². The SMILES string of the molecule is CCCNC1CC(Oc2ccc(C)cc2Br)C1OC. The van der Waals surface area contributed by atoms with Crippen molar-refractivity contribution >= 4 is 15.9 Å². The lowest BCUT2D eigenvalue weighted by atomic mass is 9.85. The Labute approximate surface area is 123 Å². The molecule has 0 aromatic heterocycles. The van der Waals surface area contributed by atoms with Crippen LogP contribution in [0, 0.1) is 6.92 Å². The van der Waals surface area contributed by atoms with Crippen LogP contribution in [0.3, 0.4) is 0 Å². The summed E-state index contributed by atoms with van der Waals surface area (Å²) in [5.41, 5.74) is 1.22. The number of rotatable bonds is 6. The summed E-state index contributed by atoms with van der Waals surface area (Å²) in [5, 5.41) is 3.49. The van der Waals surface area contributed by atoms with Crippen molar-refractivity contribution < 1.29 is 9.47 Å². The molecule has 0 aliphatic heterocycles. The monoisotopic (exact) mass is 327 g/mol. The van der Waals surface area contributed by atoms with E-state index in [2.05, 4.69) is 47.2 Å². The van der Waals surface area contributed by atoms with Gasteiger partial charge >= 0.3 is 0 Å². The van der Waals surface area contributed by atoms with Crippen LogP contribution in [0.5, 0.6) is 5.75 Å². The zero-order valence-corrected chi connectivity index (χ0v) is 13.4. The van der Waals surface area contributed by atoms with E-state index in [1.54, 1.807) is 7.11 Å². The minimum atomic E-state index is 0.137. The lowest BCUT2D eigenvalue weighted by Crippen LogP contribution is -2.61. The Morgan fingerprint density at radius 2 is 2.21 bits per heavy atom. The summed E-state index contributed by atoms with van der Waals surface area (Å²) in [5.74, 6) is 0.895. The molecule has 1 saturated carbocycles. The Hall–Kier alpha value is -0.580. The number of hydrogen-bond acceptors (Lipinski definition) is 3. The first-order valence-corrected chi connectivity index (χ1v) is 7.64. The summed E-state index contributed by atoms with van der Waals surface area (Å²) in [4.78, 5) is 0. The highest BCUT2D eigenvalue weighted by molar-refractivity contribution is 9.10. The van der Waals surface area contributed by atoms with Crippen molar-refractivity contribution in [3.63, 3.8) is 0 Å². The van der Waals surface area contributed by atoms with E-state index in [0.29, 0.717) is 6.04 Å². The Morgan fingerprint density at radius 3 is 2.84 bits per heavy atom. The van der Waals surface area contributed by atoms with Crippen LogP contribution in [0.1, 0.15) is 25.3 Å². The van der Waals surface area contributed by atoms with Crippen LogP contribution in [0.25, 0.3) is 0 Å². The van der Waals surface area contributed by atoms with E-state index < -0.39 is 0 Å². The van der Waals surface area contributed by atoms with Crippen LogP contribution in [0.4, 0.5) is 0 Å². The minimum absolute atomic E-state index is 0.137. The van der Waals surface area contributed by atoms with E-state index in [1.165, 1.54) is 5.56 Å². The van der Waals surface area contributed by atoms with Crippen LogP contribution in [0.15, 0.2) is 22.7 Å². The number of ether oxygens (including phenoxy) is 2. The number of aryl methyl sites for hydroxylation is 1. The third-order valence-electron chi connectivity index (χ3n) is 3.54. The standard InChI is InChI=1S/C15H22BrNO2/c1-4-7-17-12-9-14(15(12)18-3)19-13-6-5-10(2)8-11(13)16/h5-6,8,12,14-15,17H,4,7,9H2,1-3H3. The van der Waals surface area contributed by atoms with Crippen LogP contribution < -0.4 is 10.1 Å². The molecule has 3 nitrogen and oxygen atoms in total. The zero-order chi connectivity index (χ0) is 13.8. The third kappa shape index (κ3) is 3.50. The number of methoxy groups -OCH3 is 1. The molecule has 3 unspecified atom stereocenters. The quantitative estimate of drug-likeness (QED) is 0.869. The maximum absolute atomic E-state index is 6.04. The summed E-state index contributed by atoms with van der Waals surface area (Å²) in [6.07, 6.45) is 2.42. The molecule has 0 saturated heterocycles. The molecule has 0 bridgehead atoms. The predicted molar refractivity (Wildman–Crippen MR) is 80.8 cm³/mol. The fraction of sp³-hybridized carbons (Fsp3) is 0.600. The molecular weight excluding hydrogens is 306 g/mol. The first-order chi connectivity index (χ1) is 9.15. The van der Waals surface area contributed by atoms with Gasteiger partial charge in [0, 0.05) is 19.6 Å². The molecule has 19 heavy (non-hydrogen) atoms. The van der Waals surface area contributed by atoms with Crippen LogP contribution in [0.2, 0.25) is 0 Å². The molecule has 0 spiro atoms. The Bertz CT molecular complexity index is 425. The van der Waals surface area contributed by atoms with Crippen molar-refractivity contribution in [2.75, 3.05) is 13.7 Å². The summed E-state index contributed by atoms with van der Waals surface area (Å²) in [6, 6.07) is 6.56. The molecule has 1 aliphatic rings. The molecule has 2 rings (SSSR count). The average Bonchev–Trinajstić information content (AvgIpc) is 2.35. The van der Waals surface area contributed by atoms with Gasteiger partial charge in [0.2, 0.25) is 0 Å². The first kappa shape index (κ1) is 14.8. The Morgan fingerprint density at radius 1 is 1.42 bits per heavy atom. The van der Waals surface area contributed by atoms with E-state index in [4.69, 9.17) is 9.47 Å². The topological polar surface area (TPSA) is 30.5 Å². The molecule has 1 aromatic rings. The number of benzene rings is 1. The van der Waals surface area contributed by atoms with Crippen molar-refractivity contribution in [2.24, 2.45) is 0 Å². The van der Waals surface area contributed by atoms with Gasteiger partial charge in [-0.15, -0.1) is 0 Å². The molecule has 106 valence electrons. The molecule has 0 heterocycles. The Kier molecular flexibility index (Phi) is 5.25. The molecular formula is C15H22BrNO2. The van der Waals surface area contributed by atoms with E-state index in [-0.39, 0.29) is 12.2 Å². The van der Waals surface area contributed by atoms with Gasteiger partial charge in [0.25, 0.3) is 0 Å². The Balaban J connectivity index is 1.93. The van der Waals surface area contributed by atoms with Gasteiger partial charge in [-0.05, 0) is 53.5 Å². The van der Waals surface area contributed by atoms with Gasteiger partial charge in [-0.1, -0.05) is 13.0 Å². The molecule has 1 fully saturated rings. The number of hydrogen-bond donors (Lipinski definition) is 1. The maximum atomic E-state index is 6.04. The normalized spacial score (nSPS) is 26.0. The molecule has 1 N–H and O–H groups in total. The lowest BCUT2D eigenvalue weighted by Gasteiger charge is -2.43. The smallest absolute Gasteiger partial charge is 0.134 e. The first-order valence-electron chi connectivity index (χ1n) is 6.84. The highest BCUT2D eigenvalue weighted by atomic mass is 79.9. The van der Waals surface area contributed by atoms with Gasteiger partial charge in [0.1, 0.15) is 18.0 Å². The molecule has 1 aliphatic carbocycles. The molecule has 1 aromatic carbocycles. The summed E-state index contributed by atoms with van der Waals surface area (Å²) >= 11 is 3.55. The summed E-state index contributed by atoms with van der Waals surface area (Å²) in [7, 11) is 1.75. The van der Waals surface area contributed by atoms with Crippen molar-refractivity contribution in [1.29, 1.82) is 0 Å². The van der Waals surface area contributed by atoms with E-state index in [1.807, 2.05) is 6.07 Å². The van der Waals surface area contributed by atoms with Gasteiger partial charge in [-0.25, -0.2) is 0 Å². The highest BCUT2D eigenvalue weighted by Gasteiger charge is 2.43. The molecule has 4 heteroatoms. The maximum Gasteiger partial charge on any atom is 0.134 e. The molecule has 3 atom stereocenters. The van der Waals surface area contributed by atoms with Gasteiger partial charge in [-0.3, -0.25) is 0 Å². The second-order valence-corrected chi connectivity index (χ2v) is 5.94. The second-order valence-electron chi connectivity index (χ2n) is 5.09. The largest absolute Gasteiger partial charge is 0.486 e. The molecule has 0 amide bonds. The van der Waals surface area contributed by atoms with Crippen LogP contribution >= 0.6 is 15.9 Å². The molecule has 0 radical (unpaired) electrons. The number of halogens is 1. The fourth-order valence-electron chi connectivity index (χ4n) is 2.41. The number of nitrogens with one attached hydrogen (secondary N) is 1. The van der Waals surface area contributed by atoms with Crippen molar-refractivity contribution in [1.82, 2.24) is 5.32 Å². The van der Waals surface area contributed by atoms with Crippen LogP contribution in [-0.2, 0) is 4.74 Å². The zero-order valence-electron chi connectivity index (χ0n) is 11.8. The van der Waals surface area contributed by atoms with Gasteiger partial charge < -0.3 is 14.8 Å². The average molecular weight is 328 g/mol. The van der Waals surface area contributed by atoms with Gasteiger partial charge in [-0.2, -0.15) is 0 Å². The minimum Gasteiger partial charge on any atom is -0.486 e. The lowest BCUT2D eigenvalue weighted by molar-refractivity contribution is -0.0889.